The van der Waals surface area contributed by atoms with E-state index in [1.807, 2.05) is 0 Å². The van der Waals surface area contributed by atoms with Gasteiger partial charge in [-0.25, -0.2) is 0 Å². The van der Waals surface area contributed by atoms with Gasteiger partial charge in [0.15, 0.2) is 12.5 Å². The monoisotopic (exact) mass is 339 g/mol. The van der Waals surface area contributed by atoms with E-state index in [9.17, 15) is 20.3 Å². The lowest BCUT2D eigenvalue weighted by molar-refractivity contribution is -0.384. The first-order valence-corrected chi connectivity index (χ1v) is 8.09. The third kappa shape index (κ3) is 4.32. The summed E-state index contributed by atoms with van der Waals surface area (Å²) in [4.78, 5) is 12.9. The summed E-state index contributed by atoms with van der Waals surface area (Å²) in [5.74, 6) is 0. The lowest BCUT2D eigenvalue weighted by Gasteiger charge is -2.31. The summed E-state index contributed by atoms with van der Waals surface area (Å²) < 4.78 is 0. The molecule has 1 aromatic carbocycles. The fraction of sp³-hybridized carbons (Fsp3) is 0.600. The summed E-state index contributed by atoms with van der Waals surface area (Å²) in [6, 6.07) is 2.82. The number of aliphatic hydroxyl groups excluding tert-OH is 2. The number of nitrogens with one attached hydrogen (secondary N) is 3. The van der Waals surface area contributed by atoms with Gasteiger partial charge in [-0.05, 0) is 18.7 Å². The molecular weight excluding hydrogens is 314 g/mol. The fourth-order valence-electron chi connectivity index (χ4n) is 2.68. The zero-order valence-electron chi connectivity index (χ0n) is 14.0. The molecule has 134 valence electrons. The van der Waals surface area contributed by atoms with E-state index in [0.29, 0.717) is 23.5 Å². The highest BCUT2D eigenvalue weighted by atomic mass is 16.6. The molecule has 1 aliphatic rings. The third-order valence-electron chi connectivity index (χ3n) is 4.12. The van der Waals surface area contributed by atoms with Gasteiger partial charge < -0.3 is 31.1 Å². The maximum absolute atomic E-state index is 11.1. The Morgan fingerprint density at radius 1 is 1.25 bits per heavy atom. The molecular formula is C15H25N5O4. The molecule has 2 atom stereocenters. The van der Waals surface area contributed by atoms with Crippen LogP contribution in [0.15, 0.2) is 12.1 Å². The summed E-state index contributed by atoms with van der Waals surface area (Å²) in [5.41, 5.74) is 1.57. The predicted octanol–water partition coefficient (Wildman–Crippen LogP) is 0.500. The Kier molecular flexibility index (Phi) is 6.32. The Balaban J connectivity index is 2.11. The number of likely N-dealkylation sites (N-methyl/N-ethyl adjacent to an activating group) is 1. The van der Waals surface area contributed by atoms with E-state index in [0.717, 1.165) is 26.2 Å². The summed E-state index contributed by atoms with van der Waals surface area (Å²) in [7, 11) is 0. The molecule has 0 aromatic heterocycles. The van der Waals surface area contributed by atoms with Crippen molar-refractivity contribution in [1.82, 2.24) is 10.2 Å². The van der Waals surface area contributed by atoms with Gasteiger partial charge in [-0.1, -0.05) is 13.8 Å². The number of anilines is 2. The van der Waals surface area contributed by atoms with Crippen molar-refractivity contribution in [2.75, 3.05) is 36.8 Å². The molecule has 1 heterocycles. The maximum atomic E-state index is 11.1. The van der Waals surface area contributed by atoms with Crippen LogP contribution in [0.4, 0.5) is 17.1 Å². The van der Waals surface area contributed by atoms with Gasteiger partial charge in [-0.2, -0.15) is 0 Å². The molecule has 9 nitrogen and oxygen atoms in total. The second kappa shape index (κ2) is 8.25. The van der Waals surface area contributed by atoms with Crippen LogP contribution in [0.5, 0.6) is 0 Å². The van der Waals surface area contributed by atoms with Gasteiger partial charge in [-0.15, -0.1) is 0 Å². The van der Waals surface area contributed by atoms with Crippen LogP contribution in [0, 0.1) is 10.1 Å². The van der Waals surface area contributed by atoms with Crippen molar-refractivity contribution in [2.24, 2.45) is 0 Å². The zero-order chi connectivity index (χ0) is 17.7. The van der Waals surface area contributed by atoms with Crippen molar-refractivity contribution in [3.8, 4) is 0 Å². The second-order valence-corrected chi connectivity index (χ2v) is 5.67. The van der Waals surface area contributed by atoms with E-state index in [2.05, 4.69) is 34.7 Å². The Bertz CT molecular complexity index is 579. The first-order valence-electron chi connectivity index (χ1n) is 8.09. The number of nitrogens with zero attached hydrogens (tertiary/aromatic N) is 2. The number of non-ortho nitro benzene ring substituents is 1. The highest BCUT2D eigenvalue weighted by molar-refractivity contribution is 5.77. The molecule has 9 heteroatoms. The van der Waals surface area contributed by atoms with Crippen molar-refractivity contribution >= 4 is 17.1 Å². The van der Waals surface area contributed by atoms with Gasteiger partial charge in [0.25, 0.3) is 5.69 Å². The van der Waals surface area contributed by atoms with Crippen molar-refractivity contribution < 1.29 is 15.1 Å². The van der Waals surface area contributed by atoms with Crippen molar-refractivity contribution in [2.45, 2.75) is 32.8 Å². The molecule has 0 aliphatic carbocycles. The fourth-order valence-corrected chi connectivity index (χ4v) is 2.68. The van der Waals surface area contributed by atoms with Crippen LogP contribution in [0.2, 0.25) is 0 Å². The summed E-state index contributed by atoms with van der Waals surface area (Å²) >= 11 is 0. The van der Waals surface area contributed by atoms with E-state index in [1.165, 1.54) is 12.1 Å². The number of nitro groups is 1. The van der Waals surface area contributed by atoms with Crippen LogP contribution >= 0.6 is 0 Å². The van der Waals surface area contributed by atoms with Crippen LogP contribution in [-0.2, 0) is 6.54 Å². The Labute approximate surface area is 140 Å². The number of hydrogen-bond acceptors (Lipinski definition) is 8. The Morgan fingerprint density at radius 2 is 1.92 bits per heavy atom. The molecule has 2 rings (SSSR count). The Morgan fingerprint density at radius 3 is 2.54 bits per heavy atom. The van der Waals surface area contributed by atoms with Crippen LogP contribution in [0.1, 0.15) is 19.4 Å². The van der Waals surface area contributed by atoms with Crippen LogP contribution in [0.25, 0.3) is 0 Å². The summed E-state index contributed by atoms with van der Waals surface area (Å²) in [6.07, 6.45) is -2.39. The molecule has 0 fully saturated rings. The molecule has 0 saturated carbocycles. The van der Waals surface area contributed by atoms with E-state index < -0.39 is 17.4 Å². The van der Waals surface area contributed by atoms with E-state index in [-0.39, 0.29) is 5.69 Å². The molecule has 2 unspecified atom stereocenters. The minimum atomic E-state index is -1.22. The molecule has 0 amide bonds. The standard InChI is InChI=1S/C15H25N5O4/c1-3-19(4-2)6-5-16-9-10-7-11(20(23)24)8-12-13(10)18-15(22)14(21)17-12/h7-8,14-18,21-22H,3-6,9H2,1-2H3. The van der Waals surface area contributed by atoms with Gasteiger partial charge in [0.2, 0.25) is 0 Å². The highest BCUT2D eigenvalue weighted by Crippen LogP contribution is 2.35. The summed E-state index contributed by atoms with van der Waals surface area (Å²) in [6.45, 7) is 8.20. The normalized spacial score (nSPS) is 19.5. The summed E-state index contributed by atoms with van der Waals surface area (Å²) in [5, 5.41) is 39.2. The number of rotatable bonds is 8. The quantitative estimate of drug-likeness (QED) is 0.264. The molecule has 5 N–H and O–H groups in total. The van der Waals surface area contributed by atoms with Gasteiger partial charge in [-0.3, -0.25) is 10.1 Å². The third-order valence-corrected chi connectivity index (χ3v) is 4.12. The molecule has 0 bridgehead atoms. The number of aliphatic hydroxyl groups is 2. The number of benzene rings is 1. The van der Waals surface area contributed by atoms with Gasteiger partial charge >= 0.3 is 0 Å². The minimum absolute atomic E-state index is 0.0628. The number of hydrogen-bond donors (Lipinski definition) is 5. The Hall–Kier alpha value is -1.94. The molecule has 24 heavy (non-hydrogen) atoms. The average molecular weight is 339 g/mol. The maximum Gasteiger partial charge on any atom is 0.271 e. The van der Waals surface area contributed by atoms with Crippen LogP contribution in [0.3, 0.4) is 0 Å². The molecule has 0 spiro atoms. The minimum Gasteiger partial charge on any atom is -0.369 e. The molecule has 0 radical (unpaired) electrons. The molecule has 1 aliphatic heterocycles. The van der Waals surface area contributed by atoms with Crippen LogP contribution < -0.4 is 16.0 Å². The largest absolute Gasteiger partial charge is 0.369 e. The highest BCUT2D eigenvalue weighted by Gasteiger charge is 2.27. The zero-order valence-corrected chi connectivity index (χ0v) is 14.0. The first kappa shape index (κ1) is 18.4. The molecule has 1 aromatic rings. The second-order valence-electron chi connectivity index (χ2n) is 5.67. The van der Waals surface area contributed by atoms with Gasteiger partial charge in [0.05, 0.1) is 16.3 Å². The van der Waals surface area contributed by atoms with Crippen molar-refractivity contribution in [1.29, 1.82) is 0 Å². The average Bonchev–Trinajstić information content (AvgIpc) is 2.56. The van der Waals surface area contributed by atoms with Crippen LogP contribution in [-0.4, -0.2) is 58.7 Å². The topological polar surface area (TPSA) is 123 Å². The number of nitro benzene ring substituents is 1. The smallest absolute Gasteiger partial charge is 0.271 e. The van der Waals surface area contributed by atoms with E-state index in [4.69, 9.17) is 0 Å². The lowest BCUT2D eigenvalue weighted by Crippen LogP contribution is -2.43. The SMILES string of the molecule is CCN(CC)CCNCc1cc([N+](=O)[O-])cc2c1NC(O)C(O)N2. The van der Waals surface area contributed by atoms with Gasteiger partial charge in [0, 0.05) is 31.8 Å². The van der Waals surface area contributed by atoms with Crippen molar-refractivity contribution in [3.63, 3.8) is 0 Å². The number of fused-ring (bicyclic) bond motifs is 1. The van der Waals surface area contributed by atoms with E-state index >= 15 is 0 Å². The molecule has 0 saturated heterocycles. The van der Waals surface area contributed by atoms with Gasteiger partial charge in [0.1, 0.15) is 0 Å². The predicted molar refractivity (Wildman–Crippen MR) is 91.9 cm³/mol. The van der Waals surface area contributed by atoms with E-state index in [1.54, 1.807) is 0 Å². The first-order chi connectivity index (χ1) is 11.5. The lowest BCUT2D eigenvalue weighted by atomic mass is 10.1. The van der Waals surface area contributed by atoms with Crippen molar-refractivity contribution in [3.05, 3.63) is 27.8 Å².